The zero-order valence-corrected chi connectivity index (χ0v) is 54.7. The molecule has 9 aromatic heterocycles. The molecule has 0 aliphatic carbocycles. The SMILES string of the molecule is Cc1ccnc2ncn(Cc3n[nH]c(=O)o3)c(=O)c12.Cc1ccnc2ncn(Cc3nn(C[C@@H](F)c4ccc(Cl)cc4)c(=O)o3)c(=O)c12.Cc1ccnc2ncn(Cc3nn(C[C@H](F)c4ccc(Cl)cc4)c(=O)o3)c(=O)c12.Clc1ccc(C2CO2)cc1.OCC(F)c1ccc(Cl)cc1. The molecule has 26 nitrogen and oxygen atoms in total. The third kappa shape index (κ3) is 17.9. The van der Waals surface area contributed by atoms with Crippen LogP contribution in [0.25, 0.3) is 33.1 Å². The van der Waals surface area contributed by atoms with Gasteiger partial charge in [0.2, 0.25) is 17.7 Å². The monoisotopic (exact) mass is 1420 g/mol. The molecule has 98 heavy (non-hydrogen) atoms. The highest BCUT2D eigenvalue weighted by Gasteiger charge is 2.24. The molecule has 0 amide bonds. The van der Waals surface area contributed by atoms with E-state index in [1.165, 1.54) is 62.5 Å². The number of ether oxygens (including phenoxy) is 1. The van der Waals surface area contributed by atoms with Crippen LogP contribution in [0.15, 0.2) is 195 Å². The number of alkyl halides is 3. The summed E-state index contributed by atoms with van der Waals surface area (Å²) in [6.07, 6.45) is 4.82. The van der Waals surface area contributed by atoms with E-state index in [2.05, 4.69) is 50.3 Å². The Balaban J connectivity index is 0.000000141. The summed E-state index contributed by atoms with van der Waals surface area (Å²) in [7, 11) is 0. The van der Waals surface area contributed by atoms with Crippen molar-refractivity contribution in [2.75, 3.05) is 13.2 Å². The van der Waals surface area contributed by atoms with Crippen molar-refractivity contribution in [1.82, 2.24) is 73.4 Å². The van der Waals surface area contributed by atoms with Crippen LogP contribution in [0.3, 0.4) is 0 Å². The van der Waals surface area contributed by atoms with Crippen molar-refractivity contribution in [2.45, 2.75) is 78.1 Å². The predicted octanol–water partition coefficient (Wildman–Crippen LogP) is 9.90. The van der Waals surface area contributed by atoms with E-state index in [4.69, 9.17) is 69.5 Å². The van der Waals surface area contributed by atoms with Crippen LogP contribution in [0, 0.1) is 20.8 Å². The zero-order valence-electron chi connectivity index (χ0n) is 51.6. The molecule has 1 aliphatic heterocycles. The summed E-state index contributed by atoms with van der Waals surface area (Å²) in [5, 5.41) is 25.8. The fraction of sp³-hybridized carbons (Fsp3) is 0.215. The van der Waals surface area contributed by atoms with Gasteiger partial charge in [-0.3, -0.25) is 28.1 Å². The summed E-state index contributed by atoms with van der Waals surface area (Å²) in [5.74, 6) is -2.21. The summed E-state index contributed by atoms with van der Waals surface area (Å²) in [6, 6.07) is 31.7. The van der Waals surface area contributed by atoms with Crippen LogP contribution in [0.1, 0.15) is 81.2 Å². The Morgan fingerprint density at radius 3 is 1.14 bits per heavy atom. The molecular formula is C65H54Cl4F3N15O11. The molecule has 1 saturated heterocycles. The fourth-order valence-electron chi connectivity index (χ4n) is 9.39. The van der Waals surface area contributed by atoms with Gasteiger partial charge in [-0.2, -0.15) is 9.36 Å². The topological polar surface area (TPSA) is 331 Å². The van der Waals surface area contributed by atoms with Crippen molar-refractivity contribution in [3.63, 3.8) is 0 Å². The molecule has 14 rings (SSSR count). The molecule has 4 aromatic carbocycles. The molecule has 13 aromatic rings. The van der Waals surface area contributed by atoms with Gasteiger partial charge in [0.05, 0.1) is 42.5 Å². The van der Waals surface area contributed by atoms with Crippen LogP contribution in [0.2, 0.25) is 20.1 Å². The normalized spacial score (nSPS) is 13.2. The molecule has 10 heterocycles. The summed E-state index contributed by atoms with van der Waals surface area (Å²) >= 11 is 22.9. The molecule has 1 aliphatic rings. The van der Waals surface area contributed by atoms with Crippen LogP contribution in [-0.2, 0) is 37.5 Å². The minimum Gasteiger partial charge on any atom is -0.393 e. The maximum atomic E-state index is 14.5. The fourth-order valence-corrected chi connectivity index (χ4v) is 9.90. The van der Waals surface area contributed by atoms with E-state index in [1.54, 1.807) is 99.2 Å². The second kappa shape index (κ2) is 32.0. The lowest BCUT2D eigenvalue weighted by atomic mass is 10.1. The first-order valence-corrected chi connectivity index (χ1v) is 30.9. The molecule has 2 unspecified atom stereocenters. The first-order valence-electron chi connectivity index (χ1n) is 29.4. The molecule has 33 heteroatoms. The Morgan fingerprint density at radius 1 is 0.480 bits per heavy atom. The van der Waals surface area contributed by atoms with Crippen molar-refractivity contribution in [1.29, 1.82) is 0 Å². The van der Waals surface area contributed by atoms with Crippen molar-refractivity contribution in [2.24, 2.45) is 0 Å². The average Bonchev–Trinajstić information content (AvgIpc) is 0.945. The Bertz CT molecular complexity index is 5090. The molecule has 0 bridgehead atoms. The Labute approximate surface area is 569 Å². The molecule has 504 valence electrons. The summed E-state index contributed by atoms with van der Waals surface area (Å²) in [6.45, 7) is 4.92. The van der Waals surface area contributed by atoms with Crippen LogP contribution in [0.4, 0.5) is 13.2 Å². The van der Waals surface area contributed by atoms with Crippen LogP contribution < -0.4 is 33.9 Å². The van der Waals surface area contributed by atoms with Gasteiger partial charge in [-0.1, -0.05) is 94.9 Å². The molecule has 0 radical (unpaired) electrons. The van der Waals surface area contributed by atoms with E-state index >= 15 is 0 Å². The number of epoxide rings is 1. The van der Waals surface area contributed by atoms with E-state index in [0.29, 0.717) is 71.0 Å². The van der Waals surface area contributed by atoms with Gasteiger partial charge in [-0.05, 0) is 126 Å². The largest absolute Gasteiger partial charge is 0.437 e. The number of nitrogens with zero attached hydrogens (tertiary/aromatic N) is 14. The number of pyridine rings is 3. The number of fused-ring (bicyclic) bond motifs is 3. The van der Waals surface area contributed by atoms with Crippen LogP contribution >= 0.6 is 46.4 Å². The standard InChI is InChI=1S/2C19H15ClFN5O3.C11H9N5O3.C8H8ClFO.C8H7ClO/c2*1-11-6-7-22-17-16(11)18(27)25(10-23-17)9-15-24-26(19(28)29-15)8-14(21)12-2-4-13(20)5-3-12;1-6-2-3-12-9-8(6)10(17)16(5-13-9)4-7-14-15-11(18)19-7;9-7-3-1-6(2-4-7)8(10)5-11;9-7-3-1-6(2-4-7)8-5-10-8/h2*2-7,10,14H,8-9H2,1H3;2-3,5H,4H2,1H3,(H,15,18);1-4,8,11H,5H2;1-4,8H,5H2/t2*14-;;;/m10.../s1. The van der Waals surface area contributed by atoms with Crippen LogP contribution in [-0.4, -0.2) is 91.7 Å². The number of aliphatic hydroxyl groups is 1. The van der Waals surface area contributed by atoms with E-state index in [0.717, 1.165) is 37.7 Å². The molecule has 2 N–H and O–H groups in total. The number of aryl methyl sites for hydroxylation is 3. The summed E-state index contributed by atoms with van der Waals surface area (Å²) in [5.41, 5.74) is 4.82. The molecule has 0 spiro atoms. The molecular weight excluding hydrogens is 1370 g/mol. The van der Waals surface area contributed by atoms with Gasteiger partial charge in [-0.25, -0.2) is 62.6 Å². The summed E-state index contributed by atoms with van der Waals surface area (Å²) < 4.78 is 67.3. The van der Waals surface area contributed by atoms with Crippen molar-refractivity contribution >= 4 is 79.5 Å². The number of aliphatic hydroxyl groups excluding tert-OH is 1. The van der Waals surface area contributed by atoms with Gasteiger partial charge in [0.15, 0.2) is 16.9 Å². The molecule has 1 fully saturated rings. The third-order valence-corrected chi connectivity index (χ3v) is 15.6. The highest BCUT2D eigenvalue weighted by atomic mass is 35.5. The highest BCUT2D eigenvalue weighted by Crippen LogP contribution is 2.30. The number of H-pyrrole nitrogens is 1. The first kappa shape index (κ1) is 70.2. The minimum absolute atomic E-state index is 0.0249. The third-order valence-electron chi connectivity index (χ3n) is 14.6. The number of rotatable bonds is 15. The number of benzene rings is 4. The maximum absolute atomic E-state index is 14.5. The second-order valence-corrected chi connectivity index (χ2v) is 23.3. The lowest BCUT2D eigenvalue weighted by Crippen LogP contribution is -2.22. The number of halogens is 7. The zero-order chi connectivity index (χ0) is 69.7. The average molecular weight is 1420 g/mol. The van der Waals surface area contributed by atoms with Gasteiger partial charge < -0.3 is 23.1 Å². The second-order valence-electron chi connectivity index (χ2n) is 21.5. The van der Waals surface area contributed by atoms with Gasteiger partial charge in [0.25, 0.3) is 16.7 Å². The van der Waals surface area contributed by atoms with Gasteiger partial charge in [0, 0.05) is 38.7 Å². The number of aromatic amines is 1. The number of hydrogen-bond acceptors (Lipinski definition) is 20. The summed E-state index contributed by atoms with van der Waals surface area (Å²) in [4.78, 5) is 97.2. The quantitative estimate of drug-likeness (QED) is 0.0901. The maximum Gasteiger partial charge on any atom is 0.437 e. The predicted molar refractivity (Wildman–Crippen MR) is 355 cm³/mol. The minimum atomic E-state index is -1.47. The van der Waals surface area contributed by atoms with Crippen molar-refractivity contribution < 1.29 is 36.3 Å². The number of hydrogen-bond donors (Lipinski definition) is 2. The number of aromatic nitrogens is 15. The highest BCUT2D eigenvalue weighted by molar-refractivity contribution is 6.31. The van der Waals surface area contributed by atoms with Gasteiger partial charge in [-0.15, -0.1) is 15.3 Å². The lowest BCUT2D eigenvalue weighted by Gasteiger charge is -2.07. The first-order chi connectivity index (χ1) is 47.1. The van der Waals surface area contributed by atoms with Gasteiger partial charge in [0.1, 0.15) is 63.2 Å². The van der Waals surface area contributed by atoms with E-state index in [1.807, 2.05) is 31.2 Å². The van der Waals surface area contributed by atoms with Crippen LogP contribution in [0.5, 0.6) is 0 Å². The Hall–Kier alpha value is -10.6. The van der Waals surface area contributed by atoms with Crippen molar-refractivity contribution in [3.8, 4) is 0 Å². The number of nitrogens with one attached hydrogen (secondary N) is 1. The van der Waals surface area contributed by atoms with Gasteiger partial charge >= 0.3 is 17.3 Å². The lowest BCUT2D eigenvalue weighted by molar-refractivity contribution is 0.180. The smallest absolute Gasteiger partial charge is 0.393 e. The Morgan fingerprint density at radius 2 is 0.816 bits per heavy atom. The van der Waals surface area contributed by atoms with E-state index < -0.39 is 42.4 Å². The molecule has 0 saturated carbocycles. The molecule has 4 atom stereocenters. The Kier molecular flexibility index (Phi) is 22.9. The van der Waals surface area contributed by atoms with E-state index in [-0.39, 0.29) is 67.1 Å². The van der Waals surface area contributed by atoms with Crippen molar-refractivity contribution in [3.05, 3.63) is 292 Å². The van der Waals surface area contributed by atoms with E-state index in [9.17, 15) is 41.9 Å².